The Labute approximate surface area is 145 Å². The zero-order valence-corrected chi connectivity index (χ0v) is 13.5. The van der Waals surface area contributed by atoms with Crippen molar-refractivity contribution in [2.75, 3.05) is 10.6 Å². The molecule has 0 saturated heterocycles. The molecule has 0 amide bonds. The van der Waals surface area contributed by atoms with Crippen LogP contribution >= 0.6 is 0 Å². The second-order valence-electron chi connectivity index (χ2n) is 5.52. The number of pyridine rings is 1. The number of nitrogens with zero attached hydrogens (tertiary/aromatic N) is 3. The Kier molecular flexibility index (Phi) is 4.24. The monoisotopic (exact) mass is 331 g/mol. The first-order valence-electron chi connectivity index (χ1n) is 8.05. The molecule has 0 spiro atoms. The van der Waals surface area contributed by atoms with Gasteiger partial charge in [0.2, 0.25) is 5.95 Å². The summed E-state index contributed by atoms with van der Waals surface area (Å²) in [7, 11) is 0. The first kappa shape index (κ1) is 15.1. The predicted molar refractivity (Wildman–Crippen MR) is 97.1 cm³/mol. The van der Waals surface area contributed by atoms with Crippen LogP contribution in [0, 0.1) is 0 Å². The Morgan fingerprint density at radius 2 is 1.76 bits per heavy atom. The summed E-state index contributed by atoms with van der Waals surface area (Å²) < 4.78 is 5.37. The van der Waals surface area contributed by atoms with Crippen molar-refractivity contribution in [3.8, 4) is 0 Å². The Hall–Kier alpha value is -3.41. The first-order chi connectivity index (χ1) is 12.4. The molecule has 3 heterocycles. The lowest BCUT2D eigenvalue weighted by Crippen LogP contribution is -2.08. The van der Waals surface area contributed by atoms with E-state index in [-0.39, 0.29) is 0 Å². The second-order valence-corrected chi connectivity index (χ2v) is 5.52. The Bertz CT molecular complexity index is 954. The molecule has 0 aliphatic heterocycles. The van der Waals surface area contributed by atoms with E-state index in [0.717, 1.165) is 28.2 Å². The van der Waals surface area contributed by atoms with Crippen LogP contribution in [0.5, 0.6) is 0 Å². The van der Waals surface area contributed by atoms with Gasteiger partial charge in [-0.1, -0.05) is 18.2 Å². The molecule has 25 heavy (non-hydrogen) atoms. The van der Waals surface area contributed by atoms with Gasteiger partial charge in [0.1, 0.15) is 11.6 Å². The number of furan rings is 1. The Morgan fingerprint density at radius 3 is 2.60 bits per heavy atom. The van der Waals surface area contributed by atoms with Gasteiger partial charge < -0.3 is 15.1 Å². The minimum atomic E-state index is 0.561. The molecule has 124 valence electrons. The van der Waals surface area contributed by atoms with Crippen molar-refractivity contribution in [2.45, 2.75) is 13.1 Å². The van der Waals surface area contributed by atoms with Gasteiger partial charge in [0.15, 0.2) is 0 Å². The van der Waals surface area contributed by atoms with Crippen molar-refractivity contribution in [1.29, 1.82) is 0 Å². The van der Waals surface area contributed by atoms with Crippen LogP contribution in [0.4, 0.5) is 11.8 Å². The molecule has 0 unspecified atom stereocenters. The molecule has 1 aromatic carbocycles. The third-order valence-electron chi connectivity index (χ3n) is 3.77. The van der Waals surface area contributed by atoms with Crippen LogP contribution in [-0.2, 0) is 13.1 Å². The lowest BCUT2D eigenvalue weighted by Gasteiger charge is -2.11. The van der Waals surface area contributed by atoms with E-state index in [1.807, 2.05) is 54.6 Å². The molecule has 6 heteroatoms. The topological polar surface area (TPSA) is 75.9 Å². The number of hydrogen-bond donors (Lipinski definition) is 2. The number of para-hydroxylation sites is 1. The van der Waals surface area contributed by atoms with Crippen molar-refractivity contribution < 1.29 is 4.42 Å². The number of anilines is 2. The molecule has 0 atom stereocenters. The van der Waals surface area contributed by atoms with E-state index in [9.17, 15) is 0 Å². The van der Waals surface area contributed by atoms with Gasteiger partial charge in [-0.05, 0) is 36.4 Å². The fraction of sp³-hybridized carbons (Fsp3) is 0.105. The lowest BCUT2D eigenvalue weighted by atomic mass is 10.2. The van der Waals surface area contributed by atoms with Crippen molar-refractivity contribution in [3.05, 3.63) is 78.5 Å². The zero-order valence-electron chi connectivity index (χ0n) is 13.5. The third kappa shape index (κ3) is 3.58. The van der Waals surface area contributed by atoms with E-state index in [2.05, 4.69) is 25.6 Å². The van der Waals surface area contributed by atoms with Crippen LogP contribution in [0.3, 0.4) is 0 Å². The minimum Gasteiger partial charge on any atom is -0.467 e. The van der Waals surface area contributed by atoms with E-state index in [4.69, 9.17) is 4.42 Å². The summed E-state index contributed by atoms with van der Waals surface area (Å²) in [6.45, 7) is 1.13. The minimum absolute atomic E-state index is 0.561. The van der Waals surface area contributed by atoms with E-state index in [1.54, 1.807) is 12.5 Å². The van der Waals surface area contributed by atoms with Crippen molar-refractivity contribution in [3.63, 3.8) is 0 Å². The molecular formula is C19H17N5O. The smallest absolute Gasteiger partial charge is 0.225 e. The number of benzene rings is 1. The van der Waals surface area contributed by atoms with E-state index >= 15 is 0 Å². The van der Waals surface area contributed by atoms with Gasteiger partial charge in [0, 0.05) is 11.6 Å². The molecule has 0 aliphatic carbocycles. The summed E-state index contributed by atoms with van der Waals surface area (Å²) in [5.74, 6) is 2.18. The summed E-state index contributed by atoms with van der Waals surface area (Å²) in [5, 5.41) is 7.54. The zero-order chi connectivity index (χ0) is 16.9. The quantitative estimate of drug-likeness (QED) is 0.559. The third-order valence-corrected chi connectivity index (χ3v) is 3.77. The molecule has 0 bridgehead atoms. The van der Waals surface area contributed by atoms with Gasteiger partial charge >= 0.3 is 0 Å². The maximum atomic E-state index is 5.37. The standard InChI is InChI=1S/C19H17N5O/c1-2-9-17-16(8-1)18(21-13-15-7-5-11-25-15)24-19(23-17)22-12-14-6-3-4-10-20-14/h1-11H,12-13H2,(H2,21,22,23,24). The normalized spacial score (nSPS) is 10.7. The van der Waals surface area contributed by atoms with Crippen LogP contribution in [-0.4, -0.2) is 15.0 Å². The number of hydrogen-bond acceptors (Lipinski definition) is 6. The van der Waals surface area contributed by atoms with Crippen molar-refractivity contribution in [2.24, 2.45) is 0 Å². The maximum Gasteiger partial charge on any atom is 0.225 e. The molecule has 0 saturated carbocycles. The summed E-state index contributed by atoms with van der Waals surface area (Å²) in [5.41, 5.74) is 1.81. The first-order valence-corrected chi connectivity index (χ1v) is 8.05. The highest BCUT2D eigenvalue weighted by Gasteiger charge is 2.08. The van der Waals surface area contributed by atoms with Crippen LogP contribution in [0.1, 0.15) is 11.5 Å². The van der Waals surface area contributed by atoms with E-state index in [0.29, 0.717) is 19.0 Å². The highest BCUT2D eigenvalue weighted by atomic mass is 16.3. The second kappa shape index (κ2) is 7.00. The van der Waals surface area contributed by atoms with Gasteiger partial charge in [0.05, 0.1) is 30.6 Å². The number of fused-ring (bicyclic) bond motifs is 1. The van der Waals surface area contributed by atoms with Gasteiger partial charge in [-0.2, -0.15) is 4.98 Å². The van der Waals surface area contributed by atoms with Crippen LogP contribution in [0.25, 0.3) is 10.9 Å². The van der Waals surface area contributed by atoms with Crippen LogP contribution in [0.2, 0.25) is 0 Å². The molecule has 3 aromatic heterocycles. The van der Waals surface area contributed by atoms with E-state index in [1.165, 1.54) is 0 Å². The fourth-order valence-corrected chi connectivity index (χ4v) is 2.55. The largest absolute Gasteiger partial charge is 0.467 e. The summed E-state index contributed by atoms with van der Waals surface area (Å²) in [6.07, 6.45) is 3.43. The SMILES string of the molecule is c1ccc(CNc2nc(NCc3ccco3)c3ccccc3n2)nc1. The summed E-state index contributed by atoms with van der Waals surface area (Å²) in [6, 6.07) is 17.5. The number of aromatic nitrogens is 3. The predicted octanol–water partition coefficient (Wildman–Crippen LogP) is 3.84. The van der Waals surface area contributed by atoms with Gasteiger partial charge in [-0.15, -0.1) is 0 Å². The van der Waals surface area contributed by atoms with Gasteiger partial charge in [-0.25, -0.2) is 4.98 Å². The Balaban J connectivity index is 1.59. The highest BCUT2D eigenvalue weighted by molar-refractivity contribution is 5.89. The molecule has 0 radical (unpaired) electrons. The molecule has 0 fully saturated rings. The average Bonchev–Trinajstić information content (AvgIpc) is 3.19. The molecule has 6 nitrogen and oxygen atoms in total. The van der Waals surface area contributed by atoms with Crippen molar-refractivity contribution >= 4 is 22.7 Å². The van der Waals surface area contributed by atoms with Gasteiger partial charge in [0.25, 0.3) is 0 Å². The molecule has 2 N–H and O–H groups in total. The summed E-state index contributed by atoms with van der Waals surface area (Å²) >= 11 is 0. The summed E-state index contributed by atoms with van der Waals surface area (Å²) in [4.78, 5) is 13.5. The maximum absolute atomic E-state index is 5.37. The van der Waals surface area contributed by atoms with Crippen LogP contribution in [0.15, 0.2) is 71.5 Å². The number of nitrogens with one attached hydrogen (secondary N) is 2. The molecule has 4 aromatic rings. The fourth-order valence-electron chi connectivity index (χ4n) is 2.55. The van der Waals surface area contributed by atoms with Gasteiger partial charge in [-0.3, -0.25) is 4.98 Å². The average molecular weight is 331 g/mol. The number of rotatable bonds is 6. The van der Waals surface area contributed by atoms with Crippen LogP contribution < -0.4 is 10.6 Å². The molecular weight excluding hydrogens is 314 g/mol. The highest BCUT2D eigenvalue weighted by Crippen LogP contribution is 2.22. The molecule has 0 aliphatic rings. The molecule has 4 rings (SSSR count). The van der Waals surface area contributed by atoms with Crippen molar-refractivity contribution in [1.82, 2.24) is 15.0 Å². The Morgan fingerprint density at radius 1 is 0.840 bits per heavy atom. The lowest BCUT2D eigenvalue weighted by molar-refractivity contribution is 0.518. The van der Waals surface area contributed by atoms with E-state index < -0.39 is 0 Å².